The second-order valence-electron chi connectivity index (χ2n) is 5.83. The van der Waals surface area contributed by atoms with Crippen molar-refractivity contribution in [3.63, 3.8) is 0 Å². The average molecular weight is 280 g/mol. The first-order valence-electron chi connectivity index (χ1n) is 7.31. The van der Waals surface area contributed by atoms with Crippen LogP contribution in [0.1, 0.15) is 31.0 Å². The van der Waals surface area contributed by atoms with Crippen LogP contribution in [0.2, 0.25) is 0 Å². The Morgan fingerprint density at radius 3 is 2.70 bits per heavy atom. The maximum atomic E-state index is 13.6. The van der Waals surface area contributed by atoms with Gasteiger partial charge in [0, 0.05) is 19.1 Å². The number of aryl methyl sites for hydroxylation is 1. The molecule has 2 rings (SSSR count). The second kappa shape index (κ2) is 6.66. The van der Waals surface area contributed by atoms with E-state index in [2.05, 4.69) is 24.1 Å². The smallest absolute Gasteiger partial charge is 0.123 e. The predicted octanol–water partition coefficient (Wildman–Crippen LogP) is 2.50. The highest BCUT2D eigenvalue weighted by Crippen LogP contribution is 2.24. The molecule has 1 heterocycles. The molecule has 1 aromatic carbocycles. The maximum absolute atomic E-state index is 13.6. The highest BCUT2D eigenvalue weighted by atomic mass is 19.1. The molecule has 0 saturated carbocycles. The Morgan fingerprint density at radius 1 is 1.35 bits per heavy atom. The molecule has 1 fully saturated rings. The van der Waals surface area contributed by atoms with Gasteiger partial charge in [0.2, 0.25) is 0 Å². The molecule has 1 aliphatic rings. The van der Waals surface area contributed by atoms with Crippen molar-refractivity contribution in [2.24, 2.45) is 0 Å². The van der Waals surface area contributed by atoms with Crippen molar-refractivity contribution in [1.82, 2.24) is 10.2 Å². The summed E-state index contributed by atoms with van der Waals surface area (Å²) in [4.78, 5) is 2.41. The van der Waals surface area contributed by atoms with E-state index in [1.165, 1.54) is 0 Å². The third-order valence-corrected chi connectivity index (χ3v) is 3.96. The third-order valence-electron chi connectivity index (χ3n) is 3.96. The summed E-state index contributed by atoms with van der Waals surface area (Å²) in [6.45, 7) is 8.88. The van der Waals surface area contributed by atoms with Gasteiger partial charge in [-0.15, -0.1) is 0 Å². The molecule has 0 amide bonds. The summed E-state index contributed by atoms with van der Waals surface area (Å²) in [7, 11) is 1.91. The molecule has 112 valence electrons. The molecular weight excluding hydrogens is 255 g/mol. The molecule has 0 aromatic heterocycles. The lowest BCUT2D eigenvalue weighted by Gasteiger charge is -2.39. The topological polar surface area (TPSA) is 24.5 Å². The van der Waals surface area contributed by atoms with Crippen LogP contribution in [-0.4, -0.2) is 43.8 Å². The number of ether oxygens (including phenoxy) is 1. The van der Waals surface area contributed by atoms with Gasteiger partial charge in [0.1, 0.15) is 5.82 Å². The number of benzene rings is 1. The lowest BCUT2D eigenvalue weighted by Crippen LogP contribution is -2.49. The van der Waals surface area contributed by atoms with Crippen LogP contribution in [0.25, 0.3) is 0 Å². The average Bonchev–Trinajstić information content (AvgIpc) is 2.39. The van der Waals surface area contributed by atoms with Gasteiger partial charge in [-0.1, -0.05) is 6.07 Å². The van der Waals surface area contributed by atoms with Gasteiger partial charge in [0.05, 0.1) is 18.8 Å². The number of nitrogens with one attached hydrogen (secondary N) is 1. The molecule has 1 saturated heterocycles. The minimum absolute atomic E-state index is 0.0194. The molecule has 0 aliphatic carbocycles. The first-order chi connectivity index (χ1) is 9.51. The minimum atomic E-state index is -0.184. The Morgan fingerprint density at radius 2 is 2.10 bits per heavy atom. The summed E-state index contributed by atoms with van der Waals surface area (Å²) in [6, 6.07) is 5.71. The van der Waals surface area contributed by atoms with Crippen LogP contribution in [0, 0.1) is 12.7 Å². The summed E-state index contributed by atoms with van der Waals surface area (Å²) in [5.41, 5.74) is 1.90. The van der Waals surface area contributed by atoms with Crippen LogP contribution in [-0.2, 0) is 4.74 Å². The van der Waals surface area contributed by atoms with Crippen molar-refractivity contribution in [3.05, 3.63) is 35.1 Å². The summed E-state index contributed by atoms with van der Waals surface area (Å²) < 4.78 is 19.5. The standard InChI is InChI=1S/C16H25FN2O/c1-11(2)19-5-6-20-15(10-19)16(18-4)13-7-12(3)8-14(17)9-13/h7-9,11,15-16,18H,5-6,10H2,1-4H3. The van der Waals surface area contributed by atoms with Gasteiger partial charge < -0.3 is 10.1 Å². The number of rotatable bonds is 4. The van der Waals surface area contributed by atoms with E-state index >= 15 is 0 Å². The Balaban J connectivity index is 2.18. The fourth-order valence-corrected chi connectivity index (χ4v) is 2.88. The minimum Gasteiger partial charge on any atom is -0.374 e. The zero-order valence-electron chi connectivity index (χ0n) is 12.8. The Bertz CT molecular complexity index is 430. The number of nitrogens with zero attached hydrogens (tertiary/aromatic N) is 1. The molecule has 2 unspecified atom stereocenters. The summed E-state index contributed by atoms with van der Waals surface area (Å²) in [5.74, 6) is -0.184. The Labute approximate surface area is 121 Å². The van der Waals surface area contributed by atoms with Gasteiger partial charge in [-0.2, -0.15) is 0 Å². The van der Waals surface area contributed by atoms with E-state index in [-0.39, 0.29) is 18.0 Å². The highest BCUT2D eigenvalue weighted by Gasteiger charge is 2.29. The largest absolute Gasteiger partial charge is 0.374 e. The Hall–Kier alpha value is -0.970. The summed E-state index contributed by atoms with van der Waals surface area (Å²) >= 11 is 0. The molecule has 1 aliphatic heterocycles. The van der Waals surface area contributed by atoms with Gasteiger partial charge in [0.25, 0.3) is 0 Å². The molecule has 0 spiro atoms. The molecule has 20 heavy (non-hydrogen) atoms. The van der Waals surface area contributed by atoms with Crippen LogP contribution in [0.4, 0.5) is 4.39 Å². The van der Waals surface area contributed by atoms with Gasteiger partial charge >= 0.3 is 0 Å². The van der Waals surface area contributed by atoms with Crippen LogP contribution in [0.3, 0.4) is 0 Å². The molecular formula is C16H25FN2O. The molecule has 2 atom stereocenters. The number of halogens is 1. The molecule has 1 aromatic rings. The molecule has 4 heteroatoms. The molecule has 0 radical (unpaired) electrons. The van der Waals surface area contributed by atoms with Crippen molar-refractivity contribution in [2.45, 2.75) is 39.0 Å². The van der Waals surface area contributed by atoms with Gasteiger partial charge in [0.15, 0.2) is 0 Å². The maximum Gasteiger partial charge on any atom is 0.123 e. The molecule has 0 bridgehead atoms. The van der Waals surface area contributed by atoms with Gasteiger partial charge in [-0.3, -0.25) is 4.90 Å². The first-order valence-corrected chi connectivity index (χ1v) is 7.31. The van der Waals surface area contributed by atoms with Crippen molar-refractivity contribution in [2.75, 3.05) is 26.7 Å². The second-order valence-corrected chi connectivity index (χ2v) is 5.83. The van der Waals surface area contributed by atoms with Gasteiger partial charge in [-0.25, -0.2) is 4.39 Å². The van der Waals surface area contributed by atoms with E-state index < -0.39 is 0 Å². The molecule has 1 N–H and O–H groups in total. The van der Waals surface area contributed by atoms with E-state index in [1.54, 1.807) is 12.1 Å². The van der Waals surface area contributed by atoms with Crippen LogP contribution < -0.4 is 5.32 Å². The quantitative estimate of drug-likeness (QED) is 0.917. The third kappa shape index (κ3) is 3.57. The lowest BCUT2D eigenvalue weighted by molar-refractivity contribution is -0.0550. The van der Waals surface area contributed by atoms with E-state index in [0.29, 0.717) is 6.04 Å². The van der Waals surface area contributed by atoms with Crippen LogP contribution in [0.15, 0.2) is 18.2 Å². The predicted molar refractivity (Wildman–Crippen MR) is 79.4 cm³/mol. The monoisotopic (exact) mass is 280 g/mol. The lowest BCUT2D eigenvalue weighted by atomic mass is 9.98. The fourth-order valence-electron chi connectivity index (χ4n) is 2.88. The zero-order valence-corrected chi connectivity index (χ0v) is 12.8. The normalized spacial score (nSPS) is 22.2. The number of hydrogen-bond donors (Lipinski definition) is 1. The van der Waals surface area contributed by atoms with Crippen LogP contribution in [0.5, 0.6) is 0 Å². The van der Waals surface area contributed by atoms with Crippen molar-refractivity contribution < 1.29 is 9.13 Å². The van der Waals surface area contributed by atoms with Crippen molar-refractivity contribution in [3.8, 4) is 0 Å². The van der Waals surface area contributed by atoms with Crippen LogP contribution >= 0.6 is 0 Å². The van der Waals surface area contributed by atoms with Crippen molar-refractivity contribution in [1.29, 1.82) is 0 Å². The fraction of sp³-hybridized carbons (Fsp3) is 0.625. The van der Waals surface area contributed by atoms with E-state index in [1.807, 2.05) is 20.0 Å². The summed E-state index contributed by atoms with van der Waals surface area (Å²) in [6.07, 6.45) is 0.0531. The highest BCUT2D eigenvalue weighted by molar-refractivity contribution is 5.27. The Kier molecular flexibility index (Phi) is 5.13. The van der Waals surface area contributed by atoms with E-state index in [4.69, 9.17) is 4.74 Å². The number of likely N-dealkylation sites (N-methyl/N-ethyl adjacent to an activating group) is 1. The van der Waals surface area contributed by atoms with Gasteiger partial charge in [-0.05, 0) is 51.1 Å². The zero-order chi connectivity index (χ0) is 14.7. The molecule has 3 nitrogen and oxygen atoms in total. The van der Waals surface area contributed by atoms with E-state index in [0.717, 1.165) is 30.8 Å². The van der Waals surface area contributed by atoms with Crippen molar-refractivity contribution >= 4 is 0 Å². The summed E-state index contributed by atoms with van der Waals surface area (Å²) in [5, 5.41) is 3.28. The van der Waals surface area contributed by atoms with E-state index in [9.17, 15) is 4.39 Å². The SMILES string of the molecule is CNC(c1cc(C)cc(F)c1)C1CN(C(C)C)CCO1. The first kappa shape index (κ1) is 15.4. The number of hydrogen-bond acceptors (Lipinski definition) is 3. The number of morpholine rings is 1.